The zero-order valence-electron chi connectivity index (χ0n) is 8.65. The Morgan fingerprint density at radius 1 is 1.46 bits per heavy atom. The highest BCUT2D eigenvalue weighted by Crippen LogP contribution is 2.20. The van der Waals surface area contributed by atoms with E-state index < -0.39 is 0 Å². The summed E-state index contributed by atoms with van der Waals surface area (Å²) in [6.45, 7) is 5.26. The maximum absolute atomic E-state index is 4.02. The minimum absolute atomic E-state index is 0.380. The highest BCUT2D eigenvalue weighted by Gasteiger charge is 2.20. The predicted octanol–water partition coefficient (Wildman–Crippen LogP) is 0.169. The van der Waals surface area contributed by atoms with Gasteiger partial charge in [0, 0.05) is 19.5 Å². The van der Waals surface area contributed by atoms with Gasteiger partial charge in [-0.1, -0.05) is 13.8 Å². The summed E-state index contributed by atoms with van der Waals surface area (Å²) in [6, 6.07) is 0. The third kappa shape index (κ3) is 2.24. The van der Waals surface area contributed by atoms with Crippen LogP contribution in [0.1, 0.15) is 25.6 Å². The molecule has 0 aliphatic carbocycles. The maximum atomic E-state index is 4.02. The van der Waals surface area contributed by atoms with Crippen LogP contribution in [0.15, 0.2) is 0 Å². The van der Waals surface area contributed by atoms with Gasteiger partial charge in [-0.05, 0) is 23.4 Å². The van der Waals surface area contributed by atoms with E-state index in [1.54, 1.807) is 4.68 Å². The van der Waals surface area contributed by atoms with Crippen molar-refractivity contribution in [1.82, 2.24) is 25.5 Å². The van der Waals surface area contributed by atoms with Crippen LogP contribution in [-0.2, 0) is 7.05 Å². The second-order valence-electron chi connectivity index (χ2n) is 3.57. The molecule has 0 spiro atoms. The molecule has 1 unspecified atom stereocenters. The molecule has 0 saturated heterocycles. The number of hydrogen-bond acceptors (Lipinski definition) is 4. The Morgan fingerprint density at radius 3 is 2.54 bits per heavy atom. The average Bonchev–Trinajstić information content (AvgIpc) is 2.47. The van der Waals surface area contributed by atoms with Gasteiger partial charge in [0.1, 0.15) is 0 Å². The summed E-state index contributed by atoms with van der Waals surface area (Å²) in [5.41, 5.74) is 0. The number of nitrogens with one attached hydrogen (secondary N) is 1. The van der Waals surface area contributed by atoms with Gasteiger partial charge >= 0.3 is 0 Å². The summed E-state index contributed by atoms with van der Waals surface area (Å²) in [6.07, 6.45) is 0. The number of hydrogen-bond donors (Lipinski definition) is 1. The standard InChI is InChI=1S/C8H17N5/c1-6(2)7(5-9-3)8-10-11-12-13(8)4/h6-7,9H,5H2,1-4H3. The number of likely N-dealkylation sites (N-methyl/N-ethyl adjacent to an activating group) is 1. The first-order valence-electron chi connectivity index (χ1n) is 4.53. The van der Waals surface area contributed by atoms with Gasteiger partial charge in [0.25, 0.3) is 0 Å². The van der Waals surface area contributed by atoms with E-state index in [9.17, 15) is 0 Å². The molecule has 13 heavy (non-hydrogen) atoms. The lowest BCUT2D eigenvalue weighted by Gasteiger charge is -2.18. The summed E-state index contributed by atoms with van der Waals surface area (Å²) in [7, 11) is 3.82. The largest absolute Gasteiger partial charge is 0.319 e. The van der Waals surface area contributed by atoms with E-state index in [0.717, 1.165) is 12.4 Å². The number of nitrogens with zero attached hydrogens (tertiary/aromatic N) is 4. The lowest BCUT2D eigenvalue weighted by molar-refractivity contribution is 0.441. The third-order valence-electron chi connectivity index (χ3n) is 2.21. The van der Waals surface area contributed by atoms with Gasteiger partial charge < -0.3 is 5.32 Å². The van der Waals surface area contributed by atoms with Crippen molar-refractivity contribution in [3.8, 4) is 0 Å². The summed E-state index contributed by atoms with van der Waals surface area (Å²) in [5.74, 6) is 1.87. The summed E-state index contributed by atoms with van der Waals surface area (Å²) in [5, 5.41) is 14.6. The van der Waals surface area contributed by atoms with E-state index in [1.165, 1.54) is 0 Å². The molecule has 1 rings (SSSR count). The molecule has 1 aromatic heterocycles. The van der Waals surface area contributed by atoms with E-state index >= 15 is 0 Å². The lowest BCUT2D eigenvalue weighted by Crippen LogP contribution is -2.24. The normalized spacial score (nSPS) is 13.6. The van der Waals surface area contributed by atoms with Crippen molar-refractivity contribution in [3.05, 3.63) is 5.82 Å². The topological polar surface area (TPSA) is 55.6 Å². The van der Waals surface area contributed by atoms with Crippen molar-refractivity contribution in [2.45, 2.75) is 19.8 Å². The molecule has 0 aliphatic heterocycles. The van der Waals surface area contributed by atoms with Crippen LogP contribution < -0.4 is 5.32 Å². The molecule has 0 radical (unpaired) electrons. The van der Waals surface area contributed by atoms with Gasteiger partial charge in [0.2, 0.25) is 0 Å². The predicted molar refractivity (Wildman–Crippen MR) is 50.3 cm³/mol. The molecule has 74 valence electrons. The SMILES string of the molecule is CNCC(c1nnnn1C)C(C)C. The highest BCUT2D eigenvalue weighted by atomic mass is 15.5. The minimum Gasteiger partial charge on any atom is -0.319 e. The number of rotatable bonds is 4. The molecular weight excluding hydrogens is 166 g/mol. The van der Waals surface area contributed by atoms with Crippen molar-refractivity contribution in [3.63, 3.8) is 0 Å². The van der Waals surface area contributed by atoms with E-state index in [4.69, 9.17) is 0 Å². The Balaban J connectivity index is 2.82. The van der Waals surface area contributed by atoms with Crippen molar-refractivity contribution < 1.29 is 0 Å². The number of tetrazole rings is 1. The molecule has 1 aromatic rings. The van der Waals surface area contributed by atoms with Gasteiger partial charge in [0.15, 0.2) is 5.82 Å². The van der Waals surface area contributed by atoms with E-state index in [1.807, 2.05) is 14.1 Å². The zero-order valence-corrected chi connectivity index (χ0v) is 8.65. The number of aromatic nitrogens is 4. The van der Waals surface area contributed by atoms with E-state index in [0.29, 0.717) is 11.8 Å². The first kappa shape index (κ1) is 10.1. The molecule has 0 bridgehead atoms. The second kappa shape index (κ2) is 4.32. The lowest BCUT2D eigenvalue weighted by atomic mass is 9.95. The fourth-order valence-electron chi connectivity index (χ4n) is 1.40. The van der Waals surface area contributed by atoms with Crippen LogP contribution in [0.3, 0.4) is 0 Å². The van der Waals surface area contributed by atoms with Crippen LogP contribution in [0.25, 0.3) is 0 Å². The van der Waals surface area contributed by atoms with Crippen LogP contribution in [0, 0.1) is 5.92 Å². The summed E-state index contributed by atoms with van der Waals surface area (Å²) >= 11 is 0. The fourth-order valence-corrected chi connectivity index (χ4v) is 1.40. The van der Waals surface area contributed by atoms with Crippen LogP contribution in [0.5, 0.6) is 0 Å². The van der Waals surface area contributed by atoms with Gasteiger partial charge in [-0.2, -0.15) is 0 Å². The Labute approximate surface area is 78.5 Å². The zero-order chi connectivity index (χ0) is 9.84. The molecule has 0 aliphatic rings. The van der Waals surface area contributed by atoms with Crippen molar-refractivity contribution >= 4 is 0 Å². The average molecular weight is 183 g/mol. The van der Waals surface area contributed by atoms with Crippen LogP contribution >= 0.6 is 0 Å². The molecule has 0 aromatic carbocycles. The Kier molecular flexibility index (Phi) is 3.36. The van der Waals surface area contributed by atoms with Gasteiger partial charge in [0.05, 0.1) is 0 Å². The Morgan fingerprint density at radius 2 is 2.15 bits per heavy atom. The summed E-state index contributed by atoms with van der Waals surface area (Å²) < 4.78 is 1.74. The molecular formula is C8H17N5. The smallest absolute Gasteiger partial charge is 0.155 e. The molecule has 5 heteroatoms. The van der Waals surface area contributed by atoms with Gasteiger partial charge in [-0.25, -0.2) is 4.68 Å². The highest BCUT2D eigenvalue weighted by molar-refractivity contribution is 4.95. The first-order chi connectivity index (χ1) is 6.16. The molecule has 0 amide bonds. The Bertz CT molecular complexity index is 255. The maximum Gasteiger partial charge on any atom is 0.155 e. The van der Waals surface area contributed by atoms with Gasteiger partial charge in [-0.15, -0.1) is 5.10 Å². The first-order valence-corrected chi connectivity index (χ1v) is 4.53. The van der Waals surface area contributed by atoms with E-state index in [-0.39, 0.29) is 0 Å². The summed E-state index contributed by atoms with van der Waals surface area (Å²) in [4.78, 5) is 0. The fraction of sp³-hybridized carbons (Fsp3) is 0.875. The van der Waals surface area contributed by atoms with E-state index in [2.05, 4.69) is 34.7 Å². The van der Waals surface area contributed by atoms with Crippen LogP contribution in [0.4, 0.5) is 0 Å². The van der Waals surface area contributed by atoms with Gasteiger partial charge in [-0.3, -0.25) is 0 Å². The minimum atomic E-state index is 0.380. The van der Waals surface area contributed by atoms with Crippen molar-refractivity contribution in [2.75, 3.05) is 13.6 Å². The van der Waals surface area contributed by atoms with Crippen molar-refractivity contribution in [1.29, 1.82) is 0 Å². The van der Waals surface area contributed by atoms with Crippen LogP contribution in [-0.4, -0.2) is 33.8 Å². The monoisotopic (exact) mass is 183 g/mol. The second-order valence-corrected chi connectivity index (χ2v) is 3.57. The quantitative estimate of drug-likeness (QED) is 0.723. The number of aryl methyl sites for hydroxylation is 1. The molecule has 5 nitrogen and oxygen atoms in total. The molecule has 1 N–H and O–H groups in total. The molecule has 1 atom stereocenters. The third-order valence-corrected chi connectivity index (χ3v) is 2.21. The molecule has 0 fully saturated rings. The van der Waals surface area contributed by atoms with Crippen molar-refractivity contribution in [2.24, 2.45) is 13.0 Å². The van der Waals surface area contributed by atoms with Crippen LogP contribution in [0.2, 0.25) is 0 Å². The molecule has 1 heterocycles. The Hall–Kier alpha value is -0.970. The molecule has 0 saturated carbocycles.